The van der Waals surface area contributed by atoms with Gasteiger partial charge in [0, 0.05) is 12.8 Å². The van der Waals surface area contributed by atoms with Crippen molar-refractivity contribution >= 4 is 5.97 Å². The topological polar surface area (TPSA) is 112 Å². The first kappa shape index (κ1) is 12.3. The number of nitrogens with two attached hydrogens (primary N) is 1. The monoisotopic (exact) mass is 191 g/mol. The van der Waals surface area contributed by atoms with Gasteiger partial charge in [0.15, 0.2) is 0 Å². The third kappa shape index (κ3) is 6.51. The van der Waals surface area contributed by atoms with E-state index in [9.17, 15) is 9.90 Å². The Labute approximate surface area is 78.5 Å². The summed E-state index contributed by atoms with van der Waals surface area (Å²) in [6.45, 7) is 3.00. The summed E-state index contributed by atoms with van der Waals surface area (Å²) >= 11 is 0. The second-order valence-electron chi connectivity index (χ2n) is 3.35. The normalized spacial score (nSPS) is 15.3. The van der Waals surface area contributed by atoms with Crippen LogP contribution in [-0.4, -0.2) is 24.7 Å². The molecule has 0 aromatic rings. The highest BCUT2D eigenvalue weighted by Crippen LogP contribution is 1.87. The van der Waals surface area contributed by atoms with E-state index in [1.807, 2.05) is 0 Å². The molecule has 0 aromatic heterocycles. The minimum atomic E-state index is -1.05. The lowest BCUT2D eigenvalue weighted by Gasteiger charge is -2.09. The Morgan fingerprint density at radius 2 is 2.15 bits per heavy atom. The van der Waals surface area contributed by atoms with Crippen LogP contribution in [-0.2, 0) is 4.79 Å². The summed E-state index contributed by atoms with van der Waals surface area (Å²) in [6, 6.07) is -0.571. The zero-order valence-electron chi connectivity index (χ0n) is 8.29. The van der Waals surface area contributed by atoms with Crippen molar-refractivity contribution in [2.45, 2.75) is 38.4 Å². The van der Waals surface area contributed by atoms with Crippen molar-refractivity contribution in [3.63, 3.8) is 0 Å². The SMILES string of the molecule is CC[C@@H]([NH3+])[NH2+]CCC[C@H]([NH3+])C(=O)[O-]. The molecule has 0 aromatic carbocycles. The fraction of sp³-hybridized carbons (Fsp3) is 0.875. The van der Waals surface area contributed by atoms with E-state index in [0.29, 0.717) is 12.6 Å². The molecule has 0 rings (SSSR count). The summed E-state index contributed by atoms with van der Waals surface area (Å²) in [5, 5.41) is 12.4. The van der Waals surface area contributed by atoms with Crippen LogP contribution in [0, 0.1) is 0 Å². The summed E-state index contributed by atoms with van der Waals surface area (Å²) in [5.41, 5.74) is 7.39. The van der Waals surface area contributed by atoms with Crippen LogP contribution in [0.5, 0.6) is 0 Å². The maximum absolute atomic E-state index is 10.3. The summed E-state index contributed by atoms with van der Waals surface area (Å²) in [6.07, 6.45) is 2.86. The standard InChI is InChI=1S/C8H19N3O2/c1-2-7(10)11-5-3-4-6(9)8(12)13/h6-7,11H,2-5,9-10H2,1H3,(H,12,13)/p+2/t6-,7-/m0/s1. The van der Waals surface area contributed by atoms with Crippen molar-refractivity contribution in [1.29, 1.82) is 0 Å². The van der Waals surface area contributed by atoms with Crippen LogP contribution >= 0.6 is 0 Å². The molecule has 5 heteroatoms. The molecule has 0 aliphatic rings. The molecule has 0 unspecified atom stereocenters. The van der Waals surface area contributed by atoms with Crippen LogP contribution in [0.25, 0.3) is 0 Å². The zero-order valence-corrected chi connectivity index (χ0v) is 8.29. The molecular weight excluding hydrogens is 170 g/mol. The van der Waals surface area contributed by atoms with E-state index in [4.69, 9.17) is 0 Å². The van der Waals surface area contributed by atoms with Crippen molar-refractivity contribution in [2.24, 2.45) is 0 Å². The molecule has 2 atom stereocenters. The third-order valence-electron chi connectivity index (χ3n) is 2.11. The Morgan fingerprint density at radius 3 is 2.62 bits per heavy atom. The van der Waals surface area contributed by atoms with Gasteiger partial charge in [0.05, 0.1) is 18.9 Å². The Bertz CT molecular complexity index is 152. The Hall–Kier alpha value is -0.650. The predicted octanol–water partition coefficient (Wildman–Crippen LogP) is -4.33. The highest BCUT2D eigenvalue weighted by atomic mass is 16.4. The van der Waals surface area contributed by atoms with E-state index in [1.165, 1.54) is 0 Å². The van der Waals surface area contributed by atoms with Gasteiger partial charge in [-0.15, -0.1) is 0 Å². The number of carbonyl (C=O) groups is 1. The number of quaternary nitrogens is 3. The minimum Gasteiger partial charge on any atom is -0.544 e. The average Bonchev–Trinajstić information content (AvgIpc) is 2.11. The molecule has 0 saturated heterocycles. The van der Waals surface area contributed by atoms with Crippen LogP contribution in [0.15, 0.2) is 0 Å². The molecule has 0 aliphatic heterocycles. The molecule has 0 saturated carbocycles. The first-order valence-electron chi connectivity index (χ1n) is 4.78. The zero-order chi connectivity index (χ0) is 10.3. The van der Waals surface area contributed by atoms with E-state index < -0.39 is 12.0 Å². The van der Waals surface area contributed by atoms with E-state index in [1.54, 1.807) is 0 Å². The van der Waals surface area contributed by atoms with Crippen LogP contribution in [0.2, 0.25) is 0 Å². The molecule has 0 fully saturated rings. The highest BCUT2D eigenvalue weighted by Gasteiger charge is 2.08. The largest absolute Gasteiger partial charge is 0.544 e. The predicted molar refractivity (Wildman–Crippen MR) is 44.7 cm³/mol. The maximum atomic E-state index is 10.3. The third-order valence-corrected chi connectivity index (χ3v) is 2.11. The van der Waals surface area contributed by atoms with Gasteiger partial charge in [0.25, 0.3) is 0 Å². The number of hydrogen-bond acceptors (Lipinski definition) is 2. The maximum Gasteiger partial charge on any atom is 0.208 e. The van der Waals surface area contributed by atoms with Gasteiger partial charge in [0.2, 0.25) is 6.17 Å². The first-order valence-corrected chi connectivity index (χ1v) is 4.78. The van der Waals surface area contributed by atoms with Gasteiger partial charge in [-0.3, -0.25) is 5.32 Å². The molecule has 0 radical (unpaired) electrons. The molecular formula is C8H21N3O2+2. The lowest BCUT2D eigenvalue weighted by Crippen LogP contribution is -3.01. The molecule has 0 aliphatic carbocycles. The number of carboxylic acid groups (broad SMARTS) is 1. The molecule has 5 nitrogen and oxygen atoms in total. The fourth-order valence-electron chi connectivity index (χ4n) is 1.00. The van der Waals surface area contributed by atoms with Crippen LogP contribution in [0.1, 0.15) is 26.2 Å². The van der Waals surface area contributed by atoms with E-state index in [2.05, 4.69) is 23.7 Å². The fourth-order valence-corrected chi connectivity index (χ4v) is 1.00. The Kier molecular flexibility index (Phi) is 6.48. The van der Waals surface area contributed by atoms with Gasteiger partial charge in [-0.25, -0.2) is 0 Å². The summed E-state index contributed by atoms with van der Waals surface area (Å²) < 4.78 is 0. The summed E-state index contributed by atoms with van der Waals surface area (Å²) in [5.74, 6) is -1.05. The molecule has 0 heterocycles. The second-order valence-corrected chi connectivity index (χ2v) is 3.35. The van der Waals surface area contributed by atoms with Gasteiger partial charge >= 0.3 is 0 Å². The van der Waals surface area contributed by atoms with Gasteiger partial charge in [-0.1, -0.05) is 6.92 Å². The molecule has 78 valence electrons. The summed E-state index contributed by atoms with van der Waals surface area (Å²) in [4.78, 5) is 10.3. The quantitative estimate of drug-likeness (QED) is 0.279. The van der Waals surface area contributed by atoms with E-state index >= 15 is 0 Å². The van der Waals surface area contributed by atoms with Crippen LogP contribution < -0.4 is 21.9 Å². The Balaban J connectivity index is 3.30. The number of carbonyl (C=O) groups excluding carboxylic acids is 1. The summed E-state index contributed by atoms with van der Waals surface area (Å²) in [7, 11) is 0. The molecule has 13 heavy (non-hydrogen) atoms. The molecule has 8 N–H and O–H groups in total. The minimum absolute atomic E-state index is 0.381. The highest BCUT2D eigenvalue weighted by molar-refractivity contribution is 5.68. The van der Waals surface area contributed by atoms with Crippen molar-refractivity contribution in [3.8, 4) is 0 Å². The van der Waals surface area contributed by atoms with Crippen molar-refractivity contribution in [3.05, 3.63) is 0 Å². The van der Waals surface area contributed by atoms with Gasteiger partial charge in [0.1, 0.15) is 6.04 Å². The second kappa shape index (κ2) is 6.82. The lowest BCUT2D eigenvalue weighted by atomic mass is 10.2. The van der Waals surface area contributed by atoms with Crippen molar-refractivity contribution in [1.82, 2.24) is 0 Å². The van der Waals surface area contributed by atoms with E-state index in [0.717, 1.165) is 19.4 Å². The Morgan fingerprint density at radius 1 is 1.54 bits per heavy atom. The van der Waals surface area contributed by atoms with Crippen LogP contribution in [0.4, 0.5) is 0 Å². The van der Waals surface area contributed by atoms with Gasteiger partial charge in [-0.2, -0.15) is 0 Å². The molecule has 0 amide bonds. The number of rotatable bonds is 7. The van der Waals surface area contributed by atoms with Crippen molar-refractivity contribution in [2.75, 3.05) is 6.54 Å². The van der Waals surface area contributed by atoms with Crippen molar-refractivity contribution < 1.29 is 26.7 Å². The first-order chi connectivity index (χ1) is 6.07. The van der Waals surface area contributed by atoms with Gasteiger partial charge < -0.3 is 21.4 Å². The van der Waals surface area contributed by atoms with Crippen LogP contribution in [0.3, 0.4) is 0 Å². The molecule has 0 bridgehead atoms. The molecule has 0 spiro atoms. The number of carboxylic acids is 1. The van der Waals surface area contributed by atoms with E-state index in [-0.39, 0.29) is 0 Å². The average molecular weight is 191 g/mol. The smallest absolute Gasteiger partial charge is 0.208 e. The number of hydrogen-bond donors (Lipinski definition) is 3. The number of aliphatic carboxylic acids is 1. The van der Waals surface area contributed by atoms with Gasteiger partial charge in [-0.05, 0) is 0 Å². The lowest BCUT2D eigenvalue weighted by molar-refractivity contribution is -0.813.